The summed E-state index contributed by atoms with van der Waals surface area (Å²) in [6, 6.07) is 8.33. The molecule has 0 bridgehead atoms. The van der Waals surface area contributed by atoms with E-state index in [1.54, 1.807) is 7.11 Å². The molecule has 0 amide bonds. The van der Waals surface area contributed by atoms with Crippen LogP contribution in [-0.2, 0) is 5.41 Å². The van der Waals surface area contributed by atoms with Crippen molar-refractivity contribution >= 4 is 12.4 Å². The van der Waals surface area contributed by atoms with Gasteiger partial charge in [-0.15, -0.1) is 12.4 Å². The summed E-state index contributed by atoms with van der Waals surface area (Å²) in [5.74, 6) is 1.24. The van der Waals surface area contributed by atoms with Crippen LogP contribution in [0.4, 0.5) is 0 Å². The van der Waals surface area contributed by atoms with E-state index in [2.05, 4.69) is 49.4 Å². The molecule has 3 unspecified atom stereocenters. The fourth-order valence-corrected chi connectivity index (χ4v) is 4.25. The molecule has 1 aromatic carbocycles. The van der Waals surface area contributed by atoms with Crippen LogP contribution in [0.15, 0.2) is 48.6 Å². The first-order chi connectivity index (χ1) is 11.1. The number of rotatable bonds is 4. The molecule has 1 saturated carbocycles. The van der Waals surface area contributed by atoms with Gasteiger partial charge in [0.05, 0.1) is 12.7 Å². The van der Waals surface area contributed by atoms with Crippen LogP contribution in [-0.4, -0.2) is 17.8 Å². The van der Waals surface area contributed by atoms with Crippen LogP contribution in [0.2, 0.25) is 0 Å². The third-order valence-electron chi connectivity index (χ3n) is 5.82. The molecule has 1 aromatic rings. The van der Waals surface area contributed by atoms with Crippen molar-refractivity contribution in [1.82, 2.24) is 0 Å². The van der Waals surface area contributed by atoms with Gasteiger partial charge >= 0.3 is 0 Å². The molecule has 0 radical (unpaired) electrons. The summed E-state index contributed by atoms with van der Waals surface area (Å²) in [5, 5.41) is 11.4. The minimum Gasteiger partial charge on any atom is -0.497 e. The fraction of sp³-hybridized carbons (Fsp3) is 0.524. The van der Waals surface area contributed by atoms with Gasteiger partial charge in [-0.25, -0.2) is 0 Å². The lowest BCUT2D eigenvalue weighted by Gasteiger charge is -2.45. The Morgan fingerprint density at radius 3 is 2.75 bits per heavy atom. The lowest BCUT2D eigenvalue weighted by atomic mass is 9.63. The molecule has 2 aliphatic carbocycles. The van der Waals surface area contributed by atoms with Gasteiger partial charge < -0.3 is 9.84 Å². The van der Waals surface area contributed by atoms with Crippen LogP contribution >= 0.6 is 12.4 Å². The first kappa shape index (κ1) is 19.1. The Balaban J connectivity index is 0.00000208. The molecular formula is C21H29ClO2. The molecule has 132 valence electrons. The highest BCUT2D eigenvalue weighted by Crippen LogP contribution is 2.46. The maximum atomic E-state index is 11.4. The van der Waals surface area contributed by atoms with Crippen LogP contribution in [0, 0.1) is 5.92 Å². The number of allylic oxidation sites excluding steroid dienone is 4. The van der Waals surface area contributed by atoms with Gasteiger partial charge in [-0.1, -0.05) is 56.2 Å². The van der Waals surface area contributed by atoms with E-state index < -0.39 is 5.60 Å². The topological polar surface area (TPSA) is 29.5 Å². The maximum absolute atomic E-state index is 11.4. The first-order valence-corrected chi connectivity index (χ1v) is 8.79. The highest BCUT2D eigenvalue weighted by molar-refractivity contribution is 5.85. The van der Waals surface area contributed by atoms with Crippen molar-refractivity contribution in [2.75, 3.05) is 7.11 Å². The molecule has 3 atom stereocenters. The van der Waals surface area contributed by atoms with Crippen molar-refractivity contribution in [1.29, 1.82) is 0 Å². The number of halogens is 1. The number of aliphatic hydroxyl groups is 1. The molecular weight excluding hydrogens is 320 g/mol. The van der Waals surface area contributed by atoms with Gasteiger partial charge in [0.1, 0.15) is 5.75 Å². The molecule has 0 heterocycles. The van der Waals surface area contributed by atoms with Gasteiger partial charge in [0.25, 0.3) is 0 Å². The predicted octanol–water partition coefficient (Wildman–Crippen LogP) is 5.20. The summed E-state index contributed by atoms with van der Waals surface area (Å²) < 4.78 is 5.42. The van der Waals surface area contributed by atoms with Gasteiger partial charge in [-0.2, -0.15) is 0 Å². The van der Waals surface area contributed by atoms with E-state index in [0.717, 1.165) is 37.9 Å². The van der Waals surface area contributed by atoms with E-state index in [4.69, 9.17) is 4.74 Å². The van der Waals surface area contributed by atoms with Crippen molar-refractivity contribution < 1.29 is 9.84 Å². The van der Waals surface area contributed by atoms with Crippen molar-refractivity contribution in [2.24, 2.45) is 5.92 Å². The molecule has 2 aliphatic rings. The summed E-state index contributed by atoms with van der Waals surface area (Å²) in [6.07, 6.45) is 14.9. The summed E-state index contributed by atoms with van der Waals surface area (Å²) in [6.45, 7) is 2.21. The third-order valence-corrected chi connectivity index (χ3v) is 5.82. The fourth-order valence-electron chi connectivity index (χ4n) is 4.25. The van der Waals surface area contributed by atoms with Crippen LogP contribution < -0.4 is 4.74 Å². The van der Waals surface area contributed by atoms with E-state index >= 15 is 0 Å². The molecule has 3 heteroatoms. The molecule has 0 aromatic heterocycles. The molecule has 0 saturated heterocycles. The lowest BCUT2D eigenvalue weighted by molar-refractivity contribution is -0.0599. The molecule has 2 nitrogen and oxygen atoms in total. The first-order valence-electron chi connectivity index (χ1n) is 8.79. The second-order valence-electron chi connectivity index (χ2n) is 7.31. The lowest BCUT2D eigenvalue weighted by Crippen LogP contribution is -2.45. The largest absolute Gasteiger partial charge is 0.497 e. The van der Waals surface area contributed by atoms with E-state index in [0.29, 0.717) is 5.92 Å². The molecule has 3 rings (SSSR count). The van der Waals surface area contributed by atoms with Crippen LogP contribution in [0.5, 0.6) is 5.75 Å². The van der Waals surface area contributed by atoms with Gasteiger partial charge in [0, 0.05) is 5.41 Å². The van der Waals surface area contributed by atoms with Crippen LogP contribution in [0.25, 0.3) is 0 Å². The second-order valence-corrected chi connectivity index (χ2v) is 7.31. The Kier molecular flexibility index (Phi) is 6.17. The third kappa shape index (κ3) is 3.70. The highest BCUT2D eigenvalue weighted by atomic mass is 35.5. The standard InChI is InChI=1S/C21H28O2.ClH/c1-17-9-4-7-14-21(17,22)16-20(12-5-3-6-13-20)18-10-8-11-19(15-18)23-2;/h3,5-6,8,10-12,15,17,22H,4,7,9,13-14,16H2,1-2H3;1H. The predicted molar refractivity (Wildman–Crippen MR) is 102 cm³/mol. The number of hydrogen-bond acceptors (Lipinski definition) is 2. The zero-order chi connectivity index (χ0) is 16.3. The van der Waals surface area contributed by atoms with Crippen molar-refractivity contribution in [3.63, 3.8) is 0 Å². The number of ether oxygens (including phenoxy) is 1. The summed E-state index contributed by atoms with van der Waals surface area (Å²) in [5.41, 5.74) is 0.532. The Hall–Kier alpha value is -1.25. The SMILES string of the molecule is COc1cccc(C2(CC3(O)CCCCC3C)C=CC=CC2)c1.Cl. The summed E-state index contributed by atoms with van der Waals surface area (Å²) in [7, 11) is 1.71. The van der Waals surface area contributed by atoms with E-state index in [1.807, 2.05) is 6.07 Å². The zero-order valence-corrected chi connectivity index (χ0v) is 15.5. The summed E-state index contributed by atoms with van der Waals surface area (Å²) >= 11 is 0. The number of benzene rings is 1. The van der Waals surface area contributed by atoms with Gasteiger partial charge in [-0.3, -0.25) is 0 Å². The Labute approximate surface area is 152 Å². The van der Waals surface area contributed by atoms with Crippen LogP contribution in [0.3, 0.4) is 0 Å². The summed E-state index contributed by atoms with van der Waals surface area (Å²) in [4.78, 5) is 0. The van der Waals surface area contributed by atoms with E-state index in [-0.39, 0.29) is 17.8 Å². The van der Waals surface area contributed by atoms with Crippen molar-refractivity contribution in [3.05, 3.63) is 54.1 Å². The quantitative estimate of drug-likeness (QED) is 0.810. The minimum absolute atomic E-state index is 0. The normalized spacial score (nSPS) is 32.2. The van der Waals surface area contributed by atoms with E-state index in [1.165, 1.54) is 12.0 Å². The average molecular weight is 349 g/mol. The Bertz CT molecular complexity index is 610. The minimum atomic E-state index is -0.573. The Morgan fingerprint density at radius 2 is 2.08 bits per heavy atom. The van der Waals surface area contributed by atoms with Gasteiger partial charge in [-0.05, 0) is 49.3 Å². The number of methoxy groups -OCH3 is 1. The van der Waals surface area contributed by atoms with Gasteiger partial charge in [0.15, 0.2) is 0 Å². The maximum Gasteiger partial charge on any atom is 0.119 e. The molecule has 0 aliphatic heterocycles. The molecule has 0 spiro atoms. The Morgan fingerprint density at radius 1 is 1.25 bits per heavy atom. The van der Waals surface area contributed by atoms with Crippen molar-refractivity contribution in [3.8, 4) is 5.75 Å². The molecule has 1 N–H and O–H groups in total. The smallest absolute Gasteiger partial charge is 0.119 e. The van der Waals surface area contributed by atoms with Gasteiger partial charge in [0.2, 0.25) is 0 Å². The average Bonchev–Trinajstić information content (AvgIpc) is 2.58. The second kappa shape index (κ2) is 7.76. The molecule has 24 heavy (non-hydrogen) atoms. The van der Waals surface area contributed by atoms with Crippen LogP contribution in [0.1, 0.15) is 51.0 Å². The van der Waals surface area contributed by atoms with Crippen molar-refractivity contribution in [2.45, 2.75) is 56.5 Å². The van der Waals surface area contributed by atoms with E-state index in [9.17, 15) is 5.11 Å². The monoisotopic (exact) mass is 348 g/mol. The highest BCUT2D eigenvalue weighted by Gasteiger charge is 2.44. The zero-order valence-electron chi connectivity index (χ0n) is 14.7. The molecule has 1 fully saturated rings. The number of hydrogen-bond donors (Lipinski definition) is 1.